The summed E-state index contributed by atoms with van der Waals surface area (Å²) in [5, 5.41) is 11.1. The summed E-state index contributed by atoms with van der Waals surface area (Å²) in [4.78, 5) is 5.74. The zero-order valence-electron chi connectivity index (χ0n) is 11.5. The number of aromatic nitrogens is 1. The van der Waals surface area contributed by atoms with Gasteiger partial charge in [0.1, 0.15) is 0 Å². The van der Waals surface area contributed by atoms with Crippen LogP contribution in [0.25, 0.3) is 0 Å². The third kappa shape index (κ3) is 3.53. The molecule has 1 aromatic rings. The Morgan fingerprint density at radius 3 is 2.72 bits per heavy atom. The van der Waals surface area contributed by atoms with Crippen LogP contribution in [0.4, 0.5) is 0 Å². The van der Waals surface area contributed by atoms with E-state index >= 15 is 0 Å². The molecular weight excluding hydrogens is 246 g/mol. The van der Waals surface area contributed by atoms with E-state index < -0.39 is 0 Å². The molecule has 0 saturated heterocycles. The number of aryl methyl sites for hydroxylation is 2. The number of aliphatic hydroxyl groups is 1. The van der Waals surface area contributed by atoms with Crippen LogP contribution in [0.5, 0.6) is 0 Å². The molecule has 1 saturated carbocycles. The van der Waals surface area contributed by atoms with Crippen molar-refractivity contribution >= 4 is 11.3 Å². The van der Waals surface area contributed by atoms with E-state index in [1.807, 2.05) is 13.8 Å². The molecule has 1 atom stereocenters. The summed E-state index contributed by atoms with van der Waals surface area (Å²) in [5.41, 5.74) is 1.10. The van der Waals surface area contributed by atoms with E-state index in [2.05, 4.69) is 11.9 Å². The van der Waals surface area contributed by atoms with Crippen molar-refractivity contribution in [3.05, 3.63) is 15.6 Å². The second-order valence-corrected chi connectivity index (χ2v) is 6.55. The Bertz CT molecular complexity index is 366. The average Bonchev–Trinajstić information content (AvgIpc) is 2.55. The molecule has 102 valence electrons. The number of thiazole rings is 1. The predicted molar refractivity (Wildman–Crippen MR) is 74.1 cm³/mol. The molecular formula is C14H23NO2S. The van der Waals surface area contributed by atoms with E-state index in [-0.39, 0.29) is 6.10 Å². The Kier molecular flexibility index (Phi) is 4.76. The van der Waals surface area contributed by atoms with Crippen molar-refractivity contribution in [2.75, 3.05) is 6.61 Å². The molecule has 2 rings (SSSR count). The summed E-state index contributed by atoms with van der Waals surface area (Å²) in [6, 6.07) is 0. The van der Waals surface area contributed by atoms with Gasteiger partial charge >= 0.3 is 0 Å². The van der Waals surface area contributed by atoms with Crippen molar-refractivity contribution in [2.24, 2.45) is 5.92 Å². The van der Waals surface area contributed by atoms with Gasteiger partial charge in [0.05, 0.1) is 22.9 Å². The Labute approximate surface area is 113 Å². The van der Waals surface area contributed by atoms with Crippen LogP contribution >= 0.6 is 11.3 Å². The Morgan fingerprint density at radius 2 is 2.17 bits per heavy atom. The monoisotopic (exact) mass is 269 g/mol. The lowest BCUT2D eigenvalue weighted by Crippen LogP contribution is -2.34. The second-order valence-electron chi connectivity index (χ2n) is 5.26. The molecule has 1 fully saturated rings. The standard InChI is InChI=1S/C14H23NO2S/c1-4-17-13-6-11(7-13)5-12(16)8-14-15-9(2)10(3)18-14/h11-13,16H,4-8H2,1-3H3. The Morgan fingerprint density at radius 1 is 1.44 bits per heavy atom. The zero-order chi connectivity index (χ0) is 13.1. The molecule has 1 N–H and O–H groups in total. The highest BCUT2D eigenvalue weighted by molar-refractivity contribution is 7.11. The van der Waals surface area contributed by atoms with Gasteiger partial charge in [-0.2, -0.15) is 0 Å². The van der Waals surface area contributed by atoms with Gasteiger partial charge in [-0.15, -0.1) is 11.3 Å². The van der Waals surface area contributed by atoms with E-state index in [4.69, 9.17) is 4.74 Å². The van der Waals surface area contributed by atoms with Crippen molar-refractivity contribution in [3.8, 4) is 0 Å². The van der Waals surface area contributed by atoms with Crippen LogP contribution in [0.15, 0.2) is 0 Å². The first-order valence-electron chi connectivity index (χ1n) is 6.81. The molecule has 3 nitrogen and oxygen atoms in total. The molecule has 0 aliphatic heterocycles. The molecule has 1 aliphatic rings. The average molecular weight is 269 g/mol. The van der Waals surface area contributed by atoms with Crippen LogP contribution in [0, 0.1) is 19.8 Å². The number of hydrogen-bond acceptors (Lipinski definition) is 4. The molecule has 0 bridgehead atoms. The molecule has 1 aliphatic carbocycles. The van der Waals surface area contributed by atoms with Crippen LogP contribution < -0.4 is 0 Å². The van der Waals surface area contributed by atoms with E-state index in [9.17, 15) is 5.11 Å². The van der Waals surface area contributed by atoms with Crippen LogP contribution in [0.1, 0.15) is 41.8 Å². The van der Waals surface area contributed by atoms with Gasteiger partial charge in [-0.3, -0.25) is 0 Å². The number of ether oxygens (including phenoxy) is 1. The van der Waals surface area contributed by atoms with Crippen molar-refractivity contribution in [2.45, 2.75) is 58.7 Å². The van der Waals surface area contributed by atoms with Crippen LogP contribution in [-0.4, -0.2) is 28.9 Å². The van der Waals surface area contributed by atoms with Crippen LogP contribution in [0.3, 0.4) is 0 Å². The first-order chi connectivity index (χ1) is 8.58. The first-order valence-corrected chi connectivity index (χ1v) is 7.62. The highest BCUT2D eigenvalue weighted by Crippen LogP contribution is 2.34. The third-order valence-electron chi connectivity index (χ3n) is 3.68. The molecule has 0 radical (unpaired) electrons. The predicted octanol–water partition coefficient (Wildman–Crippen LogP) is 2.87. The molecule has 0 spiro atoms. The van der Waals surface area contributed by atoms with Crippen molar-refractivity contribution < 1.29 is 9.84 Å². The molecule has 1 heterocycles. The SMILES string of the molecule is CCOC1CC(CC(O)Cc2nc(C)c(C)s2)C1. The minimum atomic E-state index is -0.248. The Balaban J connectivity index is 1.71. The second kappa shape index (κ2) is 6.13. The fourth-order valence-electron chi connectivity index (χ4n) is 2.53. The van der Waals surface area contributed by atoms with Gasteiger partial charge in [-0.25, -0.2) is 4.98 Å². The molecule has 18 heavy (non-hydrogen) atoms. The smallest absolute Gasteiger partial charge is 0.0956 e. The highest BCUT2D eigenvalue weighted by Gasteiger charge is 2.31. The topological polar surface area (TPSA) is 42.4 Å². The van der Waals surface area contributed by atoms with E-state index in [0.717, 1.165) is 36.6 Å². The van der Waals surface area contributed by atoms with Crippen molar-refractivity contribution in [1.29, 1.82) is 0 Å². The Hall–Kier alpha value is -0.450. The fraction of sp³-hybridized carbons (Fsp3) is 0.786. The van der Waals surface area contributed by atoms with Crippen LogP contribution in [0.2, 0.25) is 0 Å². The minimum Gasteiger partial charge on any atom is -0.393 e. The quantitative estimate of drug-likeness (QED) is 0.863. The maximum Gasteiger partial charge on any atom is 0.0956 e. The lowest BCUT2D eigenvalue weighted by atomic mass is 9.78. The highest BCUT2D eigenvalue weighted by atomic mass is 32.1. The van der Waals surface area contributed by atoms with Gasteiger partial charge in [-0.05, 0) is 46.0 Å². The first kappa shape index (κ1) is 14.0. The van der Waals surface area contributed by atoms with Gasteiger partial charge in [0.2, 0.25) is 0 Å². The molecule has 1 aromatic heterocycles. The van der Waals surface area contributed by atoms with Gasteiger partial charge in [0.25, 0.3) is 0 Å². The van der Waals surface area contributed by atoms with E-state index in [1.54, 1.807) is 11.3 Å². The number of nitrogens with zero attached hydrogens (tertiary/aromatic N) is 1. The zero-order valence-corrected chi connectivity index (χ0v) is 12.3. The maximum atomic E-state index is 10.1. The van der Waals surface area contributed by atoms with E-state index in [1.165, 1.54) is 4.88 Å². The summed E-state index contributed by atoms with van der Waals surface area (Å²) in [5.74, 6) is 0.638. The molecule has 4 heteroatoms. The summed E-state index contributed by atoms with van der Waals surface area (Å²) >= 11 is 1.71. The molecule has 1 unspecified atom stereocenters. The lowest BCUT2D eigenvalue weighted by molar-refractivity contribution is -0.0375. The van der Waals surface area contributed by atoms with Gasteiger partial charge in [0, 0.05) is 17.9 Å². The summed E-state index contributed by atoms with van der Waals surface area (Å²) in [6.45, 7) is 6.95. The maximum absolute atomic E-state index is 10.1. The largest absolute Gasteiger partial charge is 0.393 e. The fourth-order valence-corrected chi connectivity index (χ4v) is 3.54. The van der Waals surface area contributed by atoms with E-state index in [0.29, 0.717) is 18.4 Å². The normalized spacial score (nSPS) is 24.9. The van der Waals surface area contributed by atoms with Crippen LogP contribution in [-0.2, 0) is 11.2 Å². The summed E-state index contributed by atoms with van der Waals surface area (Å²) in [7, 11) is 0. The van der Waals surface area contributed by atoms with Gasteiger partial charge < -0.3 is 9.84 Å². The van der Waals surface area contributed by atoms with Crippen molar-refractivity contribution in [3.63, 3.8) is 0 Å². The number of hydrogen-bond donors (Lipinski definition) is 1. The summed E-state index contributed by atoms with van der Waals surface area (Å²) in [6.07, 6.45) is 4.01. The molecule has 0 amide bonds. The van der Waals surface area contributed by atoms with Gasteiger partial charge in [0.15, 0.2) is 0 Å². The van der Waals surface area contributed by atoms with Gasteiger partial charge in [-0.1, -0.05) is 0 Å². The third-order valence-corrected chi connectivity index (χ3v) is 4.78. The lowest BCUT2D eigenvalue weighted by Gasteiger charge is -2.35. The number of rotatable bonds is 6. The minimum absolute atomic E-state index is 0.248. The number of aliphatic hydroxyl groups excluding tert-OH is 1. The van der Waals surface area contributed by atoms with Crippen molar-refractivity contribution in [1.82, 2.24) is 4.98 Å². The summed E-state index contributed by atoms with van der Waals surface area (Å²) < 4.78 is 5.54. The molecule has 0 aromatic carbocycles.